The van der Waals surface area contributed by atoms with Crippen molar-refractivity contribution in [1.29, 1.82) is 0 Å². The number of carbonyl (C=O) groups is 1. The lowest BCUT2D eigenvalue weighted by molar-refractivity contribution is -0.126. The summed E-state index contributed by atoms with van der Waals surface area (Å²) >= 11 is 0. The van der Waals surface area contributed by atoms with E-state index in [2.05, 4.69) is 10.3 Å². The summed E-state index contributed by atoms with van der Waals surface area (Å²) in [5.74, 6) is -0.185. The third-order valence-electron chi connectivity index (χ3n) is 4.34. The summed E-state index contributed by atoms with van der Waals surface area (Å²) in [4.78, 5) is 16.3. The molecular weight excluding hydrogens is 324 g/mol. The summed E-state index contributed by atoms with van der Waals surface area (Å²) in [7, 11) is 0. The Hall–Kier alpha value is -2.98. The van der Waals surface area contributed by atoms with Gasteiger partial charge in [0.05, 0.1) is 12.0 Å². The molecule has 0 bridgehead atoms. The van der Waals surface area contributed by atoms with Gasteiger partial charge in [-0.2, -0.15) is 0 Å². The number of hydrogen-bond acceptors (Lipinski definition) is 3. The molecule has 3 rings (SSSR count). The predicted octanol–water partition coefficient (Wildman–Crippen LogP) is 3.66. The molecule has 0 saturated carbocycles. The Kier molecular flexibility index (Phi) is 5.44. The molecule has 1 atom stereocenters. The molecule has 26 heavy (non-hydrogen) atoms. The van der Waals surface area contributed by atoms with Crippen LogP contribution in [0.2, 0.25) is 0 Å². The maximum Gasteiger partial charge on any atom is 0.223 e. The monoisotopic (exact) mass is 346 g/mol. The van der Waals surface area contributed by atoms with Crippen LogP contribution in [0, 0.1) is 0 Å². The number of aliphatic hydroxyl groups is 1. The molecule has 0 aliphatic carbocycles. The molecule has 0 spiro atoms. The summed E-state index contributed by atoms with van der Waals surface area (Å²) in [5.41, 5.74) is 2.69. The van der Waals surface area contributed by atoms with Gasteiger partial charge in [-0.25, -0.2) is 0 Å². The number of nitrogens with zero attached hydrogens (tertiary/aromatic N) is 1. The van der Waals surface area contributed by atoms with Crippen LogP contribution in [0.3, 0.4) is 0 Å². The van der Waals surface area contributed by atoms with Crippen LogP contribution in [0.4, 0.5) is 0 Å². The zero-order valence-corrected chi connectivity index (χ0v) is 14.7. The van der Waals surface area contributed by atoms with E-state index in [0.29, 0.717) is 6.54 Å². The van der Waals surface area contributed by atoms with Gasteiger partial charge >= 0.3 is 0 Å². The van der Waals surface area contributed by atoms with Crippen molar-refractivity contribution in [2.24, 2.45) is 0 Å². The smallest absolute Gasteiger partial charge is 0.223 e. The molecule has 1 aromatic heterocycles. The lowest BCUT2D eigenvalue weighted by Crippen LogP contribution is -2.32. The molecule has 2 N–H and O–H groups in total. The summed E-state index contributed by atoms with van der Waals surface area (Å²) in [6, 6.07) is 21.1. The fraction of sp³-hybridized carbons (Fsp3) is 0.182. The fourth-order valence-electron chi connectivity index (χ4n) is 2.82. The lowest BCUT2D eigenvalue weighted by atomic mass is 9.92. The van der Waals surface area contributed by atoms with Gasteiger partial charge in [-0.1, -0.05) is 60.7 Å². The number of pyridine rings is 1. The number of hydrogen-bond donors (Lipinski definition) is 2. The highest BCUT2D eigenvalue weighted by Gasteiger charge is 2.26. The minimum absolute atomic E-state index is 0.0186. The third kappa shape index (κ3) is 4.55. The Morgan fingerprint density at radius 2 is 1.73 bits per heavy atom. The van der Waals surface area contributed by atoms with Crippen LogP contribution in [0.5, 0.6) is 0 Å². The zero-order valence-electron chi connectivity index (χ0n) is 14.7. The van der Waals surface area contributed by atoms with Crippen molar-refractivity contribution in [3.63, 3.8) is 0 Å². The van der Waals surface area contributed by atoms with Crippen LogP contribution in [0.15, 0.2) is 79.1 Å². The van der Waals surface area contributed by atoms with Gasteiger partial charge in [0, 0.05) is 18.9 Å². The normalized spacial score (nSPS) is 13.0. The molecule has 132 valence electrons. The number of amides is 1. The molecule has 0 saturated heterocycles. The van der Waals surface area contributed by atoms with Gasteiger partial charge in [-0.15, -0.1) is 0 Å². The van der Waals surface area contributed by atoms with Crippen molar-refractivity contribution < 1.29 is 9.90 Å². The Bertz CT molecular complexity index is 844. The number of carbonyl (C=O) groups excluding carboxylic acids is 1. The van der Waals surface area contributed by atoms with E-state index in [1.165, 1.54) is 0 Å². The van der Waals surface area contributed by atoms with Crippen molar-refractivity contribution >= 4 is 5.91 Å². The van der Waals surface area contributed by atoms with Crippen LogP contribution in [-0.4, -0.2) is 16.0 Å². The van der Waals surface area contributed by atoms with E-state index in [1.54, 1.807) is 13.1 Å². The SMILES string of the molecule is C[C@](O)(CC(=O)NCc1ccc(-c2cccnc2)cc1)c1ccccc1. The van der Waals surface area contributed by atoms with Gasteiger partial charge < -0.3 is 10.4 Å². The molecular formula is C22H22N2O2. The Morgan fingerprint density at radius 1 is 1.00 bits per heavy atom. The van der Waals surface area contributed by atoms with Gasteiger partial charge in [0.25, 0.3) is 0 Å². The summed E-state index contributed by atoms with van der Waals surface area (Å²) in [5, 5.41) is 13.4. The minimum atomic E-state index is -1.19. The fourth-order valence-corrected chi connectivity index (χ4v) is 2.82. The standard InChI is InChI=1S/C22H22N2O2/c1-22(26,20-7-3-2-4-8-20)14-21(25)24-15-17-9-11-18(12-10-17)19-6-5-13-23-16-19/h2-13,16,26H,14-15H2,1H3,(H,24,25)/t22-/m0/s1. The largest absolute Gasteiger partial charge is 0.385 e. The number of aromatic nitrogens is 1. The van der Waals surface area contributed by atoms with Gasteiger partial charge in [0.1, 0.15) is 0 Å². The molecule has 0 aliphatic rings. The molecule has 2 aromatic carbocycles. The van der Waals surface area contributed by atoms with Crippen molar-refractivity contribution in [3.8, 4) is 11.1 Å². The Labute approximate surface area is 153 Å². The average molecular weight is 346 g/mol. The highest BCUT2D eigenvalue weighted by molar-refractivity contribution is 5.77. The van der Waals surface area contributed by atoms with E-state index in [4.69, 9.17) is 0 Å². The Balaban J connectivity index is 1.56. The van der Waals surface area contributed by atoms with E-state index in [1.807, 2.05) is 72.9 Å². The second-order valence-corrected chi connectivity index (χ2v) is 6.53. The first kappa shape index (κ1) is 17.8. The lowest BCUT2D eigenvalue weighted by Gasteiger charge is -2.23. The topological polar surface area (TPSA) is 62.2 Å². The van der Waals surface area contributed by atoms with E-state index in [9.17, 15) is 9.90 Å². The molecule has 0 aliphatic heterocycles. The molecule has 0 fully saturated rings. The Morgan fingerprint density at radius 3 is 2.38 bits per heavy atom. The third-order valence-corrected chi connectivity index (χ3v) is 4.34. The first-order valence-corrected chi connectivity index (χ1v) is 8.58. The molecule has 0 unspecified atom stereocenters. The minimum Gasteiger partial charge on any atom is -0.385 e. The van der Waals surface area contributed by atoms with E-state index in [-0.39, 0.29) is 12.3 Å². The highest BCUT2D eigenvalue weighted by Crippen LogP contribution is 2.24. The zero-order chi connectivity index (χ0) is 18.4. The van der Waals surface area contributed by atoms with Crippen molar-refractivity contribution in [2.75, 3.05) is 0 Å². The highest BCUT2D eigenvalue weighted by atomic mass is 16.3. The van der Waals surface area contributed by atoms with Crippen LogP contribution in [0.25, 0.3) is 11.1 Å². The maximum atomic E-state index is 12.2. The van der Waals surface area contributed by atoms with E-state index >= 15 is 0 Å². The average Bonchev–Trinajstić information content (AvgIpc) is 2.68. The molecule has 3 aromatic rings. The van der Waals surface area contributed by atoms with Crippen molar-refractivity contribution in [3.05, 3.63) is 90.3 Å². The number of rotatable bonds is 6. The molecule has 1 heterocycles. The summed E-state index contributed by atoms with van der Waals surface area (Å²) < 4.78 is 0. The summed E-state index contributed by atoms with van der Waals surface area (Å²) in [6.45, 7) is 2.08. The number of nitrogens with one attached hydrogen (secondary N) is 1. The number of benzene rings is 2. The molecule has 4 nitrogen and oxygen atoms in total. The van der Waals surface area contributed by atoms with Gasteiger partial charge in [0.2, 0.25) is 5.91 Å². The first-order valence-electron chi connectivity index (χ1n) is 8.58. The van der Waals surface area contributed by atoms with Crippen molar-refractivity contribution in [1.82, 2.24) is 10.3 Å². The van der Waals surface area contributed by atoms with Gasteiger partial charge in [-0.05, 0) is 35.2 Å². The van der Waals surface area contributed by atoms with Crippen molar-refractivity contribution in [2.45, 2.75) is 25.5 Å². The first-order chi connectivity index (χ1) is 12.5. The second-order valence-electron chi connectivity index (χ2n) is 6.53. The molecule has 0 radical (unpaired) electrons. The maximum absolute atomic E-state index is 12.2. The summed E-state index contributed by atoms with van der Waals surface area (Å²) in [6.07, 6.45) is 3.59. The quantitative estimate of drug-likeness (QED) is 0.716. The van der Waals surface area contributed by atoms with Crippen LogP contribution in [0.1, 0.15) is 24.5 Å². The van der Waals surface area contributed by atoms with Crippen LogP contribution in [-0.2, 0) is 16.9 Å². The van der Waals surface area contributed by atoms with Crippen LogP contribution >= 0.6 is 0 Å². The van der Waals surface area contributed by atoms with E-state index in [0.717, 1.165) is 22.3 Å². The second kappa shape index (κ2) is 7.93. The van der Waals surface area contributed by atoms with Gasteiger partial charge in [0.15, 0.2) is 0 Å². The van der Waals surface area contributed by atoms with Gasteiger partial charge in [-0.3, -0.25) is 9.78 Å². The van der Waals surface area contributed by atoms with E-state index < -0.39 is 5.60 Å². The molecule has 4 heteroatoms. The molecule has 1 amide bonds. The van der Waals surface area contributed by atoms with Crippen LogP contribution < -0.4 is 5.32 Å². The predicted molar refractivity (Wildman–Crippen MR) is 102 cm³/mol.